The van der Waals surface area contributed by atoms with E-state index in [0.717, 1.165) is 16.5 Å². The van der Waals surface area contributed by atoms with Crippen LogP contribution >= 0.6 is 15.9 Å². The van der Waals surface area contributed by atoms with Crippen LogP contribution in [-0.2, 0) is 6.42 Å². The molecule has 0 aliphatic heterocycles. The van der Waals surface area contributed by atoms with Crippen LogP contribution in [0, 0.1) is 0 Å². The molecule has 2 aromatic carbocycles. The van der Waals surface area contributed by atoms with Crippen molar-refractivity contribution in [1.29, 1.82) is 0 Å². The average Bonchev–Trinajstić information content (AvgIpc) is 2.43. The van der Waals surface area contributed by atoms with Crippen molar-refractivity contribution in [1.82, 2.24) is 0 Å². The maximum atomic E-state index is 9.51. The van der Waals surface area contributed by atoms with Gasteiger partial charge in [0.25, 0.3) is 0 Å². The maximum absolute atomic E-state index is 9.51. The highest BCUT2D eigenvalue weighted by molar-refractivity contribution is 9.10. The van der Waals surface area contributed by atoms with Gasteiger partial charge in [-0.15, -0.1) is 0 Å². The summed E-state index contributed by atoms with van der Waals surface area (Å²) in [7, 11) is 0. The lowest BCUT2D eigenvalue weighted by Gasteiger charge is -2.06. The molecule has 0 unspecified atom stereocenters. The molecule has 0 saturated carbocycles. The summed E-state index contributed by atoms with van der Waals surface area (Å²) < 4.78 is 0.733. The summed E-state index contributed by atoms with van der Waals surface area (Å²) in [5.41, 5.74) is 3.69. The van der Waals surface area contributed by atoms with Crippen molar-refractivity contribution in [2.45, 2.75) is 32.6 Å². The van der Waals surface area contributed by atoms with Crippen LogP contribution in [0.2, 0.25) is 0 Å². The fraction of sp³-hybridized carbons (Fsp3) is 0.294. The van der Waals surface area contributed by atoms with Crippen molar-refractivity contribution >= 4 is 15.9 Å². The predicted molar refractivity (Wildman–Crippen MR) is 84.5 cm³/mol. The number of phenolic OH excluding ortho intramolecular Hbond substituents is 1. The van der Waals surface area contributed by atoms with Crippen LogP contribution in [0.15, 0.2) is 46.9 Å². The average molecular weight is 319 g/mol. The van der Waals surface area contributed by atoms with Crippen molar-refractivity contribution in [2.75, 3.05) is 0 Å². The Kier molecular flexibility index (Phi) is 5.03. The predicted octanol–water partition coefficient (Wildman–Crippen LogP) is 5.55. The Bertz CT molecular complexity index is 531. The molecule has 0 aliphatic carbocycles. The van der Waals surface area contributed by atoms with Crippen molar-refractivity contribution in [2.24, 2.45) is 0 Å². The maximum Gasteiger partial charge on any atom is 0.129 e. The van der Waals surface area contributed by atoms with Gasteiger partial charge in [-0.1, -0.05) is 50.1 Å². The van der Waals surface area contributed by atoms with Crippen LogP contribution < -0.4 is 0 Å². The first kappa shape index (κ1) is 14.1. The number of rotatable bonds is 5. The van der Waals surface area contributed by atoms with Gasteiger partial charge < -0.3 is 5.11 Å². The third kappa shape index (κ3) is 3.84. The number of benzene rings is 2. The first-order valence-electron chi connectivity index (χ1n) is 6.78. The fourth-order valence-electron chi connectivity index (χ4n) is 2.13. The van der Waals surface area contributed by atoms with Gasteiger partial charge >= 0.3 is 0 Å². The molecule has 2 rings (SSSR count). The zero-order valence-corrected chi connectivity index (χ0v) is 12.8. The quantitative estimate of drug-likeness (QED) is 0.716. The van der Waals surface area contributed by atoms with Gasteiger partial charge in [0.15, 0.2) is 0 Å². The molecule has 2 heteroatoms. The third-order valence-corrected chi connectivity index (χ3v) is 3.94. The number of aryl methyl sites for hydroxylation is 1. The summed E-state index contributed by atoms with van der Waals surface area (Å²) in [6.07, 6.45) is 4.99. The molecule has 0 aliphatic rings. The Labute approximate surface area is 123 Å². The molecule has 0 radical (unpaired) electrons. The SMILES string of the molecule is CCCCCc1ccc(-c2ccc(O)c(Br)c2)cc1. The van der Waals surface area contributed by atoms with E-state index in [2.05, 4.69) is 47.1 Å². The van der Waals surface area contributed by atoms with Crippen LogP contribution in [0.5, 0.6) is 5.75 Å². The smallest absolute Gasteiger partial charge is 0.129 e. The first-order chi connectivity index (χ1) is 9.20. The minimum atomic E-state index is 0.278. The zero-order valence-electron chi connectivity index (χ0n) is 11.2. The van der Waals surface area contributed by atoms with E-state index in [4.69, 9.17) is 0 Å². The van der Waals surface area contributed by atoms with Gasteiger partial charge in [0.05, 0.1) is 4.47 Å². The largest absolute Gasteiger partial charge is 0.507 e. The molecule has 0 fully saturated rings. The van der Waals surface area contributed by atoms with Gasteiger partial charge in [-0.25, -0.2) is 0 Å². The van der Waals surface area contributed by atoms with E-state index in [1.807, 2.05) is 12.1 Å². The summed E-state index contributed by atoms with van der Waals surface area (Å²) >= 11 is 3.35. The molecule has 0 amide bonds. The summed E-state index contributed by atoms with van der Waals surface area (Å²) in [5.74, 6) is 0.278. The molecule has 0 aromatic heterocycles. The topological polar surface area (TPSA) is 20.2 Å². The second kappa shape index (κ2) is 6.76. The highest BCUT2D eigenvalue weighted by atomic mass is 79.9. The highest BCUT2D eigenvalue weighted by Crippen LogP contribution is 2.29. The Hall–Kier alpha value is -1.28. The van der Waals surface area contributed by atoms with Crippen LogP contribution in [0.4, 0.5) is 0 Å². The van der Waals surface area contributed by atoms with Gasteiger partial charge in [0, 0.05) is 0 Å². The van der Waals surface area contributed by atoms with E-state index in [1.54, 1.807) is 6.07 Å². The second-order valence-corrected chi connectivity index (χ2v) is 5.67. The lowest BCUT2D eigenvalue weighted by atomic mass is 10.0. The molecular weight excluding hydrogens is 300 g/mol. The van der Waals surface area contributed by atoms with Gasteiger partial charge in [-0.2, -0.15) is 0 Å². The molecule has 19 heavy (non-hydrogen) atoms. The number of unbranched alkanes of at least 4 members (excludes halogenated alkanes) is 2. The molecule has 1 nitrogen and oxygen atoms in total. The monoisotopic (exact) mass is 318 g/mol. The molecule has 0 heterocycles. The van der Waals surface area contributed by atoms with Crippen molar-refractivity contribution in [3.8, 4) is 16.9 Å². The second-order valence-electron chi connectivity index (χ2n) is 4.82. The molecular formula is C17H19BrO. The van der Waals surface area contributed by atoms with Gasteiger partial charge in [0.1, 0.15) is 5.75 Å². The first-order valence-corrected chi connectivity index (χ1v) is 7.58. The number of hydrogen-bond acceptors (Lipinski definition) is 1. The molecule has 100 valence electrons. The number of hydrogen-bond donors (Lipinski definition) is 1. The van der Waals surface area contributed by atoms with Crippen molar-refractivity contribution in [3.05, 3.63) is 52.5 Å². The van der Waals surface area contributed by atoms with Crippen molar-refractivity contribution < 1.29 is 5.11 Å². The molecule has 2 aromatic rings. The Morgan fingerprint density at radius 2 is 1.63 bits per heavy atom. The lowest BCUT2D eigenvalue weighted by molar-refractivity contribution is 0.472. The summed E-state index contributed by atoms with van der Waals surface area (Å²) in [6.45, 7) is 2.23. The van der Waals surface area contributed by atoms with Gasteiger partial charge in [-0.05, 0) is 57.6 Å². The van der Waals surface area contributed by atoms with E-state index in [1.165, 1.54) is 30.4 Å². The highest BCUT2D eigenvalue weighted by Gasteiger charge is 2.02. The van der Waals surface area contributed by atoms with Crippen LogP contribution in [-0.4, -0.2) is 5.11 Å². The summed E-state index contributed by atoms with van der Waals surface area (Å²) in [6, 6.07) is 14.3. The number of halogens is 1. The number of phenols is 1. The van der Waals surface area contributed by atoms with E-state index in [0.29, 0.717) is 0 Å². The van der Waals surface area contributed by atoms with Gasteiger partial charge in [-0.3, -0.25) is 0 Å². The Morgan fingerprint density at radius 3 is 2.26 bits per heavy atom. The molecule has 0 spiro atoms. The lowest BCUT2D eigenvalue weighted by Crippen LogP contribution is -1.86. The van der Waals surface area contributed by atoms with Gasteiger partial charge in [0.2, 0.25) is 0 Å². The molecule has 1 N–H and O–H groups in total. The third-order valence-electron chi connectivity index (χ3n) is 3.30. The van der Waals surface area contributed by atoms with Crippen molar-refractivity contribution in [3.63, 3.8) is 0 Å². The molecule has 0 bridgehead atoms. The Balaban J connectivity index is 2.11. The van der Waals surface area contributed by atoms with Crippen LogP contribution in [0.25, 0.3) is 11.1 Å². The molecule has 0 atom stereocenters. The normalized spacial score (nSPS) is 10.6. The van der Waals surface area contributed by atoms with E-state index in [-0.39, 0.29) is 5.75 Å². The molecule has 0 saturated heterocycles. The summed E-state index contributed by atoms with van der Waals surface area (Å²) in [4.78, 5) is 0. The summed E-state index contributed by atoms with van der Waals surface area (Å²) in [5, 5.41) is 9.51. The van der Waals surface area contributed by atoms with E-state index >= 15 is 0 Å². The van der Waals surface area contributed by atoms with Crippen LogP contribution in [0.3, 0.4) is 0 Å². The Morgan fingerprint density at radius 1 is 0.947 bits per heavy atom. The number of aromatic hydroxyl groups is 1. The zero-order chi connectivity index (χ0) is 13.7. The van der Waals surface area contributed by atoms with E-state index < -0.39 is 0 Å². The van der Waals surface area contributed by atoms with E-state index in [9.17, 15) is 5.11 Å². The fourth-order valence-corrected chi connectivity index (χ4v) is 2.51. The standard InChI is InChI=1S/C17H19BrO/c1-2-3-4-5-13-6-8-14(9-7-13)15-10-11-17(19)16(18)12-15/h6-12,19H,2-5H2,1H3. The minimum Gasteiger partial charge on any atom is -0.507 e. The van der Waals surface area contributed by atoms with Crippen LogP contribution in [0.1, 0.15) is 31.7 Å². The minimum absolute atomic E-state index is 0.278.